The van der Waals surface area contributed by atoms with E-state index in [2.05, 4.69) is 15.5 Å². The molecule has 0 atom stereocenters. The highest BCUT2D eigenvalue weighted by Gasteiger charge is 2.15. The number of furan rings is 1. The van der Waals surface area contributed by atoms with Crippen LogP contribution >= 0.6 is 0 Å². The van der Waals surface area contributed by atoms with Gasteiger partial charge in [0.2, 0.25) is 11.8 Å². The number of rotatable bonds is 5. The van der Waals surface area contributed by atoms with Crippen LogP contribution in [0.15, 0.2) is 39.4 Å². The second kappa shape index (κ2) is 6.91. The van der Waals surface area contributed by atoms with E-state index in [1.54, 1.807) is 30.5 Å². The first-order chi connectivity index (χ1) is 12.7. The van der Waals surface area contributed by atoms with Crippen molar-refractivity contribution in [3.8, 4) is 23.0 Å². The van der Waals surface area contributed by atoms with Crippen molar-refractivity contribution in [2.45, 2.75) is 19.8 Å². The second-order valence-corrected chi connectivity index (χ2v) is 5.80. The van der Waals surface area contributed by atoms with E-state index in [1.165, 1.54) is 0 Å². The van der Waals surface area contributed by atoms with E-state index < -0.39 is 0 Å². The molecule has 8 heteroatoms. The minimum absolute atomic E-state index is 0.152. The molecule has 0 aliphatic carbocycles. The summed E-state index contributed by atoms with van der Waals surface area (Å²) in [6.07, 6.45) is 2.13. The predicted molar refractivity (Wildman–Crippen MR) is 91.1 cm³/mol. The summed E-state index contributed by atoms with van der Waals surface area (Å²) in [6.45, 7) is 2.85. The Bertz CT molecular complexity index is 931. The standard InChI is InChI=1S/C18H17N3O5/c1-11-13(6-7-23-11)18-21-20-17(26-18)5-4-16(22)19-12-2-3-14-15(10-12)25-9-8-24-14/h2-3,6-7,10H,4-5,8-9H2,1H3,(H,19,22). The SMILES string of the molecule is Cc1occc1-c1nnc(CCC(=O)Nc2ccc3c(c2)OCCO3)o1. The van der Waals surface area contributed by atoms with E-state index in [4.69, 9.17) is 18.3 Å². The molecule has 0 fully saturated rings. The van der Waals surface area contributed by atoms with Crippen LogP contribution in [0, 0.1) is 6.92 Å². The van der Waals surface area contributed by atoms with Crippen molar-refractivity contribution < 1.29 is 23.1 Å². The first kappa shape index (κ1) is 16.2. The lowest BCUT2D eigenvalue weighted by molar-refractivity contribution is -0.116. The van der Waals surface area contributed by atoms with E-state index in [0.717, 1.165) is 5.56 Å². The van der Waals surface area contributed by atoms with Crippen LogP contribution in [-0.2, 0) is 11.2 Å². The maximum Gasteiger partial charge on any atom is 0.251 e. The first-order valence-corrected chi connectivity index (χ1v) is 8.25. The summed E-state index contributed by atoms with van der Waals surface area (Å²) in [6, 6.07) is 7.07. The maximum atomic E-state index is 12.2. The Hall–Kier alpha value is -3.29. The van der Waals surface area contributed by atoms with E-state index in [1.807, 2.05) is 6.92 Å². The summed E-state index contributed by atoms with van der Waals surface area (Å²) in [5.74, 6) is 2.65. The number of amides is 1. The number of anilines is 1. The van der Waals surface area contributed by atoms with Gasteiger partial charge in [0.05, 0.1) is 11.8 Å². The molecule has 26 heavy (non-hydrogen) atoms. The number of nitrogens with zero attached hydrogens (tertiary/aromatic N) is 2. The molecule has 1 N–H and O–H groups in total. The Labute approximate surface area is 149 Å². The van der Waals surface area contributed by atoms with E-state index >= 15 is 0 Å². The molecule has 1 aliphatic rings. The second-order valence-electron chi connectivity index (χ2n) is 5.80. The highest BCUT2D eigenvalue weighted by atomic mass is 16.6. The molecule has 3 heterocycles. The van der Waals surface area contributed by atoms with Gasteiger partial charge in [-0.05, 0) is 25.1 Å². The van der Waals surface area contributed by atoms with Crippen molar-refractivity contribution in [3.05, 3.63) is 42.2 Å². The van der Waals surface area contributed by atoms with Crippen LogP contribution in [-0.4, -0.2) is 29.3 Å². The third-order valence-corrected chi connectivity index (χ3v) is 3.95. The minimum atomic E-state index is -0.152. The fourth-order valence-corrected chi connectivity index (χ4v) is 2.64. The maximum absolute atomic E-state index is 12.2. The van der Waals surface area contributed by atoms with Gasteiger partial charge in [-0.3, -0.25) is 4.79 Å². The Morgan fingerprint density at radius 1 is 1.15 bits per heavy atom. The van der Waals surface area contributed by atoms with E-state index in [0.29, 0.717) is 54.4 Å². The zero-order chi connectivity index (χ0) is 17.9. The molecule has 0 bridgehead atoms. The molecule has 0 saturated heterocycles. The first-order valence-electron chi connectivity index (χ1n) is 8.25. The number of benzene rings is 1. The summed E-state index contributed by atoms with van der Waals surface area (Å²) in [5.41, 5.74) is 1.41. The van der Waals surface area contributed by atoms with Gasteiger partial charge in [-0.25, -0.2) is 0 Å². The van der Waals surface area contributed by atoms with E-state index in [9.17, 15) is 4.79 Å². The molecule has 0 spiro atoms. The summed E-state index contributed by atoms with van der Waals surface area (Å²) in [7, 11) is 0. The summed E-state index contributed by atoms with van der Waals surface area (Å²) in [5, 5.41) is 10.8. The number of hydrogen-bond acceptors (Lipinski definition) is 7. The third-order valence-electron chi connectivity index (χ3n) is 3.95. The number of carbonyl (C=O) groups is 1. The van der Waals surface area contributed by atoms with Gasteiger partial charge in [-0.15, -0.1) is 10.2 Å². The van der Waals surface area contributed by atoms with Gasteiger partial charge in [-0.2, -0.15) is 0 Å². The highest BCUT2D eigenvalue weighted by Crippen LogP contribution is 2.32. The molecule has 1 amide bonds. The van der Waals surface area contributed by atoms with Gasteiger partial charge >= 0.3 is 0 Å². The number of carbonyl (C=O) groups excluding carboxylic acids is 1. The molecule has 3 aromatic rings. The van der Waals surface area contributed by atoms with E-state index in [-0.39, 0.29) is 12.3 Å². The molecule has 1 aromatic carbocycles. The molecule has 134 valence electrons. The average molecular weight is 355 g/mol. The molecule has 0 saturated carbocycles. The Kier molecular flexibility index (Phi) is 4.30. The van der Waals surface area contributed by atoms with Crippen molar-refractivity contribution in [2.75, 3.05) is 18.5 Å². The van der Waals surface area contributed by atoms with Gasteiger partial charge in [0.15, 0.2) is 11.5 Å². The number of hydrogen-bond donors (Lipinski definition) is 1. The van der Waals surface area contributed by atoms with Gasteiger partial charge in [0.1, 0.15) is 19.0 Å². The minimum Gasteiger partial charge on any atom is -0.486 e. The normalized spacial score (nSPS) is 12.8. The van der Waals surface area contributed by atoms with Crippen LogP contribution in [0.25, 0.3) is 11.5 Å². The Morgan fingerprint density at radius 2 is 2.00 bits per heavy atom. The zero-order valence-corrected chi connectivity index (χ0v) is 14.2. The average Bonchev–Trinajstić information content (AvgIpc) is 3.28. The quantitative estimate of drug-likeness (QED) is 0.751. The molecular weight excluding hydrogens is 338 g/mol. The monoisotopic (exact) mass is 355 g/mol. The molecule has 2 aromatic heterocycles. The van der Waals surface area contributed by atoms with Gasteiger partial charge in [0, 0.05) is 24.6 Å². The van der Waals surface area contributed by atoms with Crippen LogP contribution in [0.1, 0.15) is 18.1 Å². The summed E-state index contributed by atoms with van der Waals surface area (Å²) >= 11 is 0. The lowest BCUT2D eigenvalue weighted by Gasteiger charge is -2.18. The fraction of sp³-hybridized carbons (Fsp3) is 0.278. The predicted octanol–water partition coefficient (Wildman–Crippen LogP) is 2.98. The number of aromatic nitrogens is 2. The van der Waals surface area contributed by atoms with Crippen molar-refractivity contribution >= 4 is 11.6 Å². The number of aryl methyl sites for hydroxylation is 2. The van der Waals surface area contributed by atoms with Crippen molar-refractivity contribution in [1.82, 2.24) is 10.2 Å². The summed E-state index contributed by atoms with van der Waals surface area (Å²) < 4.78 is 21.8. The molecule has 1 aliphatic heterocycles. The summed E-state index contributed by atoms with van der Waals surface area (Å²) in [4.78, 5) is 12.2. The lowest BCUT2D eigenvalue weighted by Crippen LogP contribution is -2.16. The van der Waals surface area contributed by atoms with Crippen molar-refractivity contribution in [3.63, 3.8) is 0 Å². The van der Waals surface area contributed by atoms with Crippen LogP contribution in [0.5, 0.6) is 11.5 Å². The lowest BCUT2D eigenvalue weighted by atomic mass is 10.2. The highest BCUT2D eigenvalue weighted by molar-refractivity contribution is 5.91. The number of fused-ring (bicyclic) bond motifs is 1. The Balaban J connectivity index is 1.34. The van der Waals surface area contributed by atoms with Crippen molar-refractivity contribution in [2.24, 2.45) is 0 Å². The van der Waals surface area contributed by atoms with Gasteiger partial charge in [-0.1, -0.05) is 0 Å². The fourth-order valence-electron chi connectivity index (χ4n) is 2.64. The molecular formula is C18H17N3O5. The van der Waals surface area contributed by atoms with Crippen LogP contribution < -0.4 is 14.8 Å². The van der Waals surface area contributed by atoms with Crippen LogP contribution in [0.3, 0.4) is 0 Å². The number of nitrogens with one attached hydrogen (secondary N) is 1. The molecule has 0 radical (unpaired) electrons. The van der Waals surface area contributed by atoms with Gasteiger partial charge in [0.25, 0.3) is 5.89 Å². The molecule has 8 nitrogen and oxygen atoms in total. The third kappa shape index (κ3) is 3.39. The topological polar surface area (TPSA) is 99.6 Å². The largest absolute Gasteiger partial charge is 0.486 e. The Morgan fingerprint density at radius 3 is 2.81 bits per heavy atom. The molecule has 0 unspecified atom stereocenters. The number of ether oxygens (including phenoxy) is 2. The smallest absolute Gasteiger partial charge is 0.251 e. The zero-order valence-electron chi connectivity index (χ0n) is 14.2. The molecule has 4 rings (SSSR count). The van der Waals surface area contributed by atoms with Crippen molar-refractivity contribution in [1.29, 1.82) is 0 Å². The van der Waals surface area contributed by atoms with Gasteiger partial charge < -0.3 is 23.6 Å². The van der Waals surface area contributed by atoms with Crippen LogP contribution in [0.4, 0.5) is 5.69 Å². The van der Waals surface area contributed by atoms with Crippen LogP contribution in [0.2, 0.25) is 0 Å².